The molecule has 0 aromatic carbocycles. The molecule has 0 unspecified atom stereocenters. The van der Waals surface area contributed by atoms with Crippen molar-refractivity contribution in [1.29, 1.82) is 0 Å². The summed E-state index contributed by atoms with van der Waals surface area (Å²) in [6.07, 6.45) is 2.90. The van der Waals surface area contributed by atoms with Crippen LogP contribution < -0.4 is 0 Å². The molecule has 0 saturated carbocycles. The van der Waals surface area contributed by atoms with Crippen LogP contribution in [0.5, 0.6) is 0 Å². The van der Waals surface area contributed by atoms with Crippen LogP contribution in [0.1, 0.15) is 19.8 Å². The molecular formula is C7H16BCl4N. The second-order valence-electron chi connectivity index (χ2n) is 3.58. The first-order valence-electron chi connectivity index (χ1n) is 4.48. The fourth-order valence-electron chi connectivity index (χ4n) is 1.42. The summed E-state index contributed by atoms with van der Waals surface area (Å²) in [4.78, 5) is 0. The molecule has 0 aliphatic carbocycles. The van der Waals surface area contributed by atoms with Crippen LogP contribution in [0.25, 0.3) is 0 Å². The van der Waals surface area contributed by atoms with Crippen LogP contribution in [0.2, 0.25) is 0 Å². The first-order chi connectivity index (χ1) is 5.77. The van der Waals surface area contributed by atoms with Crippen molar-refractivity contribution < 1.29 is 4.48 Å². The predicted molar refractivity (Wildman–Crippen MR) is 64.9 cm³/mol. The molecule has 0 spiro atoms. The molecule has 1 aliphatic rings. The Morgan fingerprint density at radius 1 is 1.08 bits per heavy atom. The van der Waals surface area contributed by atoms with Gasteiger partial charge in [-0.25, -0.2) is 0 Å². The highest BCUT2D eigenvalue weighted by molar-refractivity contribution is 7.81. The van der Waals surface area contributed by atoms with Crippen molar-refractivity contribution in [3.05, 3.63) is 0 Å². The minimum absolute atomic E-state index is 1.32. The van der Waals surface area contributed by atoms with E-state index in [1.807, 2.05) is 0 Å². The largest absolute Gasteiger partial charge is 0.332 e. The van der Waals surface area contributed by atoms with Crippen molar-refractivity contribution in [2.45, 2.75) is 19.8 Å². The molecule has 1 saturated heterocycles. The van der Waals surface area contributed by atoms with Gasteiger partial charge in [-0.15, -0.1) is 0 Å². The van der Waals surface area contributed by atoms with Crippen molar-refractivity contribution in [2.75, 3.05) is 26.7 Å². The Morgan fingerprint density at radius 3 is 1.54 bits per heavy atom. The summed E-state index contributed by atoms with van der Waals surface area (Å²) in [5.41, 5.74) is 0. The van der Waals surface area contributed by atoms with Gasteiger partial charge in [-0.3, -0.25) is 0 Å². The summed E-state index contributed by atoms with van der Waals surface area (Å²) in [6.45, 7) is 6.43. The smallest absolute Gasteiger partial charge is 0.328 e. The van der Waals surface area contributed by atoms with Gasteiger partial charge in [-0.1, -0.05) is 0 Å². The maximum absolute atomic E-state index is 4.89. The molecule has 1 nitrogen and oxygen atoms in total. The summed E-state index contributed by atoms with van der Waals surface area (Å²) in [5, 5.41) is 0. The van der Waals surface area contributed by atoms with Crippen molar-refractivity contribution in [1.82, 2.24) is 0 Å². The third-order valence-electron chi connectivity index (χ3n) is 2.41. The van der Waals surface area contributed by atoms with E-state index in [1.54, 1.807) is 0 Å². The third-order valence-corrected chi connectivity index (χ3v) is 2.41. The monoisotopic (exact) mass is 265 g/mol. The number of quaternary nitrogens is 1. The van der Waals surface area contributed by atoms with Crippen LogP contribution in [0.15, 0.2) is 0 Å². The zero-order valence-electron chi connectivity index (χ0n) is 8.07. The van der Waals surface area contributed by atoms with E-state index in [-0.39, 0.29) is 0 Å². The van der Waals surface area contributed by atoms with Crippen molar-refractivity contribution in [3.8, 4) is 0 Å². The number of likely N-dealkylation sites (tertiary alicyclic amines) is 1. The van der Waals surface area contributed by atoms with Gasteiger partial charge in [-0.2, -0.15) is 0 Å². The maximum atomic E-state index is 4.89. The number of halogens is 4. The van der Waals surface area contributed by atoms with Crippen LogP contribution in [0.4, 0.5) is 0 Å². The molecule has 1 heterocycles. The second-order valence-corrected chi connectivity index (χ2v) is 7.54. The van der Waals surface area contributed by atoms with Gasteiger partial charge < -0.3 is 50.3 Å². The van der Waals surface area contributed by atoms with E-state index in [9.17, 15) is 0 Å². The lowest BCUT2D eigenvalue weighted by Gasteiger charge is -2.26. The number of nitrogens with zero attached hydrogens (tertiary/aromatic N) is 1. The normalized spacial score (nSPS) is 20.8. The Balaban J connectivity index is 0.000000252. The van der Waals surface area contributed by atoms with E-state index in [1.165, 1.54) is 37.0 Å². The van der Waals surface area contributed by atoms with Crippen molar-refractivity contribution in [2.24, 2.45) is 0 Å². The molecule has 0 N–H and O–H groups in total. The second kappa shape index (κ2) is 5.92. The van der Waals surface area contributed by atoms with E-state index in [0.717, 1.165) is 0 Å². The molecule has 6 heteroatoms. The number of hydrogen-bond acceptors (Lipinski definition) is 0. The van der Waals surface area contributed by atoms with Gasteiger partial charge in [0.25, 0.3) is 0 Å². The van der Waals surface area contributed by atoms with Gasteiger partial charge in [0.1, 0.15) is 0 Å². The van der Waals surface area contributed by atoms with Crippen LogP contribution in [0.3, 0.4) is 0 Å². The van der Waals surface area contributed by atoms with E-state index in [0.29, 0.717) is 0 Å². The topological polar surface area (TPSA) is 0 Å². The summed E-state index contributed by atoms with van der Waals surface area (Å²) in [5.74, 6) is 0. The number of hydrogen-bond donors (Lipinski definition) is 0. The molecular weight excluding hydrogens is 251 g/mol. The molecule has 0 atom stereocenters. The fraction of sp³-hybridized carbons (Fsp3) is 1.00. The molecule has 1 aliphatic heterocycles. The molecule has 13 heavy (non-hydrogen) atoms. The minimum atomic E-state index is -2.11. The Kier molecular flexibility index (Phi) is 6.46. The number of rotatable bonds is 1. The Labute approximate surface area is 100 Å². The molecule has 1 rings (SSSR count). The minimum Gasteiger partial charge on any atom is -0.332 e. The summed E-state index contributed by atoms with van der Waals surface area (Å²) in [6, 6.07) is 0. The van der Waals surface area contributed by atoms with Gasteiger partial charge in [-0.05, 0) is 6.92 Å². The highest BCUT2D eigenvalue weighted by atomic mass is 35.6. The standard InChI is InChI=1S/C7H16N.BCl4/c1-3-8(2)6-4-5-7-8;2-1(3,4)5/h3-7H2,1-2H3;/q+1;-1. The Bertz CT molecular complexity index is 136. The van der Waals surface area contributed by atoms with E-state index in [2.05, 4.69) is 14.0 Å². The van der Waals surface area contributed by atoms with Crippen LogP contribution in [0, 0.1) is 0 Å². The predicted octanol–water partition coefficient (Wildman–Crippen LogP) is 3.62. The van der Waals surface area contributed by atoms with Crippen LogP contribution in [-0.2, 0) is 0 Å². The van der Waals surface area contributed by atoms with Gasteiger partial charge in [0.15, 0.2) is 0 Å². The lowest BCUT2D eigenvalue weighted by molar-refractivity contribution is -0.895. The quantitative estimate of drug-likeness (QED) is 0.502. The van der Waals surface area contributed by atoms with Crippen molar-refractivity contribution in [3.63, 3.8) is 0 Å². The average molecular weight is 267 g/mol. The maximum Gasteiger partial charge on any atom is 0.328 e. The highest BCUT2D eigenvalue weighted by Gasteiger charge is 2.23. The highest BCUT2D eigenvalue weighted by Crippen LogP contribution is 2.23. The molecule has 0 bridgehead atoms. The van der Waals surface area contributed by atoms with Crippen LogP contribution >= 0.6 is 45.8 Å². The molecule has 0 aromatic heterocycles. The molecule has 0 amide bonds. The summed E-state index contributed by atoms with van der Waals surface area (Å²) < 4.78 is -0.792. The summed E-state index contributed by atoms with van der Waals surface area (Å²) in [7, 11) is 2.35. The fourth-order valence-corrected chi connectivity index (χ4v) is 1.42. The van der Waals surface area contributed by atoms with Gasteiger partial charge >= 0.3 is 3.81 Å². The zero-order chi connectivity index (χ0) is 10.5. The average Bonchev–Trinajstić information content (AvgIpc) is 2.34. The van der Waals surface area contributed by atoms with Gasteiger partial charge in [0, 0.05) is 12.8 Å². The zero-order valence-corrected chi connectivity index (χ0v) is 11.1. The lowest BCUT2D eigenvalue weighted by Crippen LogP contribution is -2.40. The Morgan fingerprint density at radius 2 is 1.38 bits per heavy atom. The van der Waals surface area contributed by atoms with Crippen LogP contribution in [-0.4, -0.2) is 35.0 Å². The molecule has 80 valence electrons. The van der Waals surface area contributed by atoms with E-state index < -0.39 is 3.81 Å². The van der Waals surface area contributed by atoms with E-state index in [4.69, 9.17) is 45.8 Å². The SMILES string of the molecule is CC[N+]1(C)CCCC1.Cl[B-](Cl)(Cl)Cl. The molecule has 0 aromatic rings. The first kappa shape index (κ1) is 14.2. The van der Waals surface area contributed by atoms with Gasteiger partial charge in [0.05, 0.1) is 26.7 Å². The molecule has 1 fully saturated rings. The molecule has 0 radical (unpaired) electrons. The van der Waals surface area contributed by atoms with E-state index >= 15 is 0 Å². The lowest BCUT2D eigenvalue weighted by atomic mass is 10.4. The Hall–Kier alpha value is 1.18. The van der Waals surface area contributed by atoms with Crippen molar-refractivity contribution >= 4 is 49.6 Å². The van der Waals surface area contributed by atoms with Gasteiger partial charge in [0.2, 0.25) is 0 Å². The summed E-state index contributed by atoms with van der Waals surface area (Å²) >= 11 is 19.6. The third kappa shape index (κ3) is 9.49. The first-order valence-corrected chi connectivity index (χ1v) is 6.22.